The average Bonchev–Trinajstić information content (AvgIpc) is 2.58. The predicted molar refractivity (Wildman–Crippen MR) is 74.2 cm³/mol. The van der Waals surface area contributed by atoms with Gasteiger partial charge < -0.3 is 10.6 Å². The minimum atomic E-state index is 0.0812. The van der Waals surface area contributed by atoms with Crippen molar-refractivity contribution in [1.82, 2.24) is 10.6 Å². The maximum Gasteiger partial charge on any atom is 0.220 e. The summed E-state index contributed by atoms with van der Waals surface area (Å²) in [6.45, 7) is 1.46. The number of likely N-dealkylation sites (N-methyl/N-ethyl adjacent to an activating group) is 1. The van der Waals surface area contributed by atoms with Crippen LogP contribution < -0.4 is 10.6 Å². The van der Waals surface area contributed by atoms with Crippen LogP contribution in [0.1, 0.15) is 18.4 Å². The molecule has 0 aliphatic rings. The van der Waals surface area contributed by atoms with Crippen LogP contribution in [0.5, 0.6) is 0 Å². The van der Waals surface area contributed by atoms with E-state index in [1.165, 1.54) is 11.3 Å². The van der Waals surface area contributed by atoms with Gasteiger partial charge in [0.25, 0.3) is 0 Å². The minimum absolute atomic E-state index is 0.0812. The summed E-state index contributed by atoms with van der Waals surface area (Å²) in [5.41, 5.74) is 1.03. The van der Waals surface area contributed by atoms with E-state index in [0.29, 0.717) is 17.3 Å². The first-order chi connectivity index (χ1) is 8.13. The van der Waals surface area contributed by atoms with Crippen LogP contribution in [0.2, 0.25) is 8.67 Å². The number of halogens is 2. The van der Waals surface area contributed by atoms with Crippen molar-refractivity contribution >= 4 is 40.4 Å². The number of carbonyl (C=O) groups is 1. The van der Waals surface area contributed by atoms with E-state index < -0.39 is 0 Å². The monoisotopic (exact) mass is 294 g/mol. The summed E-state index contributed by atoms with van der Waals surface area (Å²) in [7, 11) is 1.86. The van der Waals surface area contributed by atoms with Crippen LogP contribution in [0, 0.1) is 0 Å². The van der Waals surface area contributed by atoms with Crippen LogP contribution in [-0.4, -0.2) is 26.0 Å². The Kier molecular flexibility index (Phi) is 6.89. The molecule has 96 valence electrons. The number of nitrogens with one attached hydrogen (secondary N) is 2. The van der Waals surface area contributed by atoms with Crippen molar-refractivity contribution in [3.05, 3.63) is 20.3 Å². The standard InChI is InChI=1S/C11H16Cl2N2OS/c1-14-5-6-15-10(16)4-2-3-8-7-9(12)17-11(8)13/h7,14H,2-6H2,1H3,(H,15,16). The van der Waals surface area contributed by atoms with Crippen molar-refractivity contribution in [2.45, 2.75) is 19.3 Å². The van der Waals surface area contributed by atoms with Gasteiger partial charge >= 0.3 is 0 Å². The van der Waals surface area contributed by atoms with Crippen LogP contribution in [0.3, 0.4) is 0 Å². The van der Waals surface area contributed by atoms with Crippen LogP contribution in [0.4, 0.5) is 0 Å². The van der Waals surface area contributed by atoms with Crippen molar-refractivity contribution in [2.24, 2.45) is 0 Å². The molecule has 3 nitrogen and oxygen atoms in total. The molecule has 1 aromatic heterocycles. The molecular weight excluding hydrogens is 279 g/mol. The fraction of sp³-hybridized carbons (Fsp3) is 0.545. The van der Waals surface area contributed by atoms with Gasteiger partial charge in [0.05, 0.1) is 8.67 Å². The molecule has 1 rings (SSSR count). The molecule has 1 amide bonds. The minimum Gasteiger partial charge on any atom is -0.355 e. The van der Waals surface area contributed by atoms with E-state index in [0.717, 1.165) is 29.3 Å². The Morgan fingerprint density at radius 3 is 2.76 bits per heavy atom. The molecule has 0 fully saturated rings. The van der Waals surface area contributed by atoms with Gasteiger partial charge in [-0.3, -0.25) is 4.79 Å². The highest BCUT2D eigenvalue weighted by Crippen LogP contribution is 2.31. The Hall–Kier alpha value is -0.290. The van der Waals surface area contributed by atoms with Gasteiger partial charge in [0.2, 0.25) is 5.91 Å². The lowest BCUT2D eigenvalue weighted by Crippen LogP contribution is -2.30. The number of carbonyl (C=O) groups excluding carboxylic acids is 1. The summed E-state index contributed by atoms with van der Waals surface area (Å²) in [4.78, 5) is 11.4. The molecule has 2 N–H and O–H groups in total. The number of amides is 1. The second-order valence-electron chi connectivity index (χ2n) is 3.66. The summed E-state index contributed by atoms with van der Waals surface area (Å²) < 4.78 is 1.43. The molecule has 0 saturated carbocycles. The van der Waals surface area contributed by atoms with E-state index in [1.807, 2.05) is 13.1 Å². The molecule has 6 heteroatoms. The Balaban J connectivity index is 2.19. The predicted octanol–water partition coefficient (Wildman–Crippen LogP) is 2.71. The van der Waals surface area contributed by atoms with Crippen LogP contribution in [0.15, 0.2) is 6.07 Å². The molecule has 0 saturated heterocycles. The maximum atomic E-state index is 11.4. The second kappa shape index (κ2) is 7.93. The SMILES string of the molecule is CNCCNC(=O)CCCc1cc(Cl)sc1Cl. The number of thiophene rings is 1. The molecule has 0 atom stereocenters. The van der Waals surface area contributed by atoms with E-state index in [4.69, 9.17) is 23.2 Å². The zero-order valence-electron chi connectivity index (χ0n) is 9.69. The maximum absolute atomic E-state index is 11.4. The zero-order chi connectivity index (χ0) is 12.7. The molecule has 0 bridgehead atoms. The van der Waals surface area contributed by atoms with E-state index in [9.17, 15) is 4.79 Å². The summed E-state index contributed by atoms with van der Waals surface area (Å²) in [6.07, 6.45) is 2.10. The van der Waals surface area contributed by atoms with Crippen molar-refractivity contribution in [3.63, 3.8) is 0 Å². The molecule has 0 aliphatic heterocycles. The Morgan fingerprint density at radius 1 is 1.41 bits per heavy atom. The normalized spacial score (nSPS) is 10.5. The van der Waals surface area contributed by atoms with Gasteiger partial charge in [0.15, 0.2) is 0 Å². The van der Waals surface area contributed by atoms with Gasteiger partial charge in [-0.1, -0.05) is 23.2 Å². The van der Waals surface area contributed by atoms with Gasteiger partial charge in [-0.15, -0.1) is 11.3 Å². The number of hydrogen-bond donors (Lipinski definition) is 2. The third-order valence-electron chi connectivity index (χ3n) is 2.27. The average molecular weight is 295 g/mol. The molecule has 0 spiro atoms. The van der Waals surface area contributed by atoms with Gasteiger partial charge in [-0.25, -0.2) is 0 Å². The van der Waals surface area contributed by atoms with Crippen molar-refractivity contribution < 1.29 is 4.79 Å². The lowest BCUT2D eigenvalue weighted by Gasteiger charge is -2.04. The highest BCUT2D eigenvalue weighted by Gasteiger charge is 2.07. The van der Waals surface area contributed by atoms with Gasteiger partial charge in [-0.05, 0) is 31.5 Å². The number of aryl methyl sites for hydroxylation is 1. The quantitative estimate of drug-likeness (QED) is 0.759. The molecule has 1 heterocycles. The first-order valence-corrected chi connectivity index (χ1v) is 7.05. The van der Waals surface area contributed by atoms with Gasteiger partial charge in [0, 0.05) is 19.5 Å². The molecule has 0 unspecified atom stereocenters. The first kappa shape index (κ1) is 14.8. The number of rotatable bonds is 7. The largest absolute Gasteiger partial charge is 0.355 e. The highest BCUT2D eigenvalue weighted by atomic mass is 35.5. The van der Waals surface area contributed by atoms with E-state index in [-0.39, 0.29) is 5.91 Å². The fourth-order valence-corrected chi connectivity index (χ4v) is 2.94. The third-order valence-corrected chi connectivity index (χ3v) is 3.84. The molecule has 0 aromatic carbocycles. The Morgan fingerprint density at radius 2 is 2.18 bits per heavy atom. The van der Waals surface area contributed by atoms with E-state index >= 15 is 0 Å². The first-order valence-electron chi connectivity index (χ1n) is 5.48. The molecule has 0 radical (unpaired) electrons. The summed E-state index contributed by atoms with van der Waals surface area (Å²) >= 11 is 13.2. The summed E-state index contributed by atoms with van der Waals surface area (Å²) in [5.74, 6) is 0.0812. The van der Waals surface area contributed by atoms with Crippen LogP contribution >= 0.6 is 34.5 Å². The van der Waals surface area contributed by atoms with Crippen molar-refractivity contribution in [1.29, 1.82) is 0 Å². The van der Waals surface area contributed by atoms with Gasteiger partial charge in [0.1, 0.15) is 0 Å². The smallest absolute Gasteiger partial charge is 0.220 e. The van der Waals surface area contributed by atoms with Crippen molar-refractivity contribution in [2.75, 3.05) is 20.1 Å². The van der Waals surface area contributed by atoms with Crippen LogP contribution in [0.25, 0.3) is 0 Å². The molecular formula is C11H16Cl2N2OS. The highest BCUT2D eigenvalue weighted by molar-refractivity contribution is 7.20. The summed E-state index contributed by atoms with van der Waals surface area (Å²) in [5, 5.41) is 5.80. The fourth-order valence-electron chi connectivity index (χ4n) is 1.40. The molecule has 0 aliphatic carbocycles. The molecule has 1 aromatic rings. The zero-order valence-corrected chi connectivity index (χ0v) is 12.0. The van der Waals surface area contributed by atoms with Crippen LogP contribution in [-0.2, 0) is 11.2 Å². The van der Waals surface area contributed by atoms with Crippen molar-refractivity contribution in [3.8, 4) is 0 Å². The number of hydrogen-bond acceptors (Lipinski definition) is 3. The van der Waals surface area contributed by atoms with Gasteiger partial charge in [-0.2, -0.15) is 0 Å². The molecule has 17 heavy (non-hydrogen) atoms. The third kappa shape index (κ3) is 5.73. The Labute approximate surface area is 115 Å². The lowest BCUT2D eigenvalue weighted by atomic mass is 10.1. The topological polar surface area (TPSA) is 41.1 Å². The Bertz CT molecular complexity index is 368. The lowest BCUT2D eigenvalue weighted by molar-refractivity contribution is -0.121. The van der Waals surface area contributed by atoms with E-state index in [2.05, 4.69) is 10.6 Å². The van der Waals surface area contributed by atoms with E-state index in [1.54, 1.807) is 0 Å². The second-order valence-corrected chi connectivity index (χ2v) is 5.94. The summed E-state index contributed by atoms with van der Waals surface area (Å²) in [6, 6.07) is 1.87.